The van der Waals surface area contributed by atoms with Crippen LogP contribution in [0.4, 0.5) is 10.5 Å². The van der Waals surface area contributed by atoms with E-state index in [9.17, 15) is 9.59 Å². The molecule has 0 saturated carbocycles. The molecule has 1 amide bonds. The molecule has 0 aliphatic carbocycles. The molecule has 1 rings (SSSR count). The van der Waals surface area contributed by atoms with Crippen LogP contribution < -0.4 is 15.0 Å². The number of aryl methyl sites for hydroxylation is 1. The number of nitrogens with zero attached hydrogens (tertiary/aromatic N) is 1. The molecule has 33 heavy (non-hydrogen) atoms. The highest BCUT2D eigenvalue weighted by Gasteiger charge is 2.25. The van der Waals surface area contributed by atoms with Crippen molar-refractivity contribution in [3.05, 3.63) is 23.8 Å². The summed E-state index contributed by atoms with van der Waals surface area (Å²) in [5.41, 5.74) is 0.554. The maximum atomic E-state index is 12.4. The minimum atomic E-state index is -0.666. The van der Waals surface area contributed by atoms with E-state index in [2.05, 4.69) is 10.2 Å². The summed E-state index contributed by atoms with van der Waals surface area (Å²) >= 11 is 11.9. The molecule has 0 radical (unpaired) electrons. The third-order valence-corrected chi connectivity index (χ3v) is 4.58. The van der Waals surface area contributed by atoms with Crippen LogP contribution in [0.1, 0.15) is 53.5 Å². The van der Waals surface area contributed by atoms with E-state index in [4.69, 9.17) is 37.4 Å². The summed E-state index contributed by atoms with van der Waals surface area (Å²) in [5, 5.41) is 2.73. The number of hydrogen-bond donors (Lipinski definition) is 1. The lowest BCUT2D eigenvalue weighted by molar-refractivity contribution is -0.155. The van der Waals surface area contributed by atoms with Crippen LogP contribution in [-0.4, -0.2) is 60.8 Å². The topological polar surface area (TPSA) is 77.1 Å². The molecule has 0 aromatic heterocycles. The number of halogens is 2. The number of hydrogen-bond acceptors (Lipinski definition) is 6. The molecule has 0 aliphatic heterocycles. The highest BCUT2D eigenvalue weighted by molar-refractivity contribution is 6.18. The van der Waals surface area contributed by atoms with Crippen molar-refractivity contribution < 1.29 is 23.8 Å². The minimum Gasteiger partial charge on any atom is -0.491 e. The second-order valence-electron chi connectivity index (χ2n) is 9.76. The number of benzene rings is 1. The van der Waals surface area contributed by atoms with Crippen molar-refractivity contribution in [1.82, 2.24) is 5.32 Å². The maximum Gasteiger partial charge on any atom is 0.408 e. The van der Waals surface area contributed by atoms with Crippen molar-refractivity contribution in [3.8, 4) is 5.75 Å². The van der Waals surface area contributed by atoms with Gasteiger partial charge in [-0.2, -0.15) is 0 Å². The molecular formula is C24H38Cl2N2O5. The van der Waals surface area contributed by atoms with E-state index in [-0.39, 0.29) is 13.0 Å². The molecule has 1 N–H and O–H groups in total. The van der Waals surface area contributed by atoms with Gasteiger partial charge in [-0.25, -0.2) is 4.79 Å². The Morgan fingerprint density at radius 3 is 2.09 bits per heavy atom. The van der Waals surface area contributed by atoms with Gasteiger partial charge in [-0.05, 0) is 60.1 Å². The van der Waals surface area contributed by atoms with Crippen LogP contribution in [0.3, 0.4) is 0 Å². The van der Waals surface area contributed by atoms with Gasteiger partial charge in [0.2, 0.25) is 0 Å². The molecule has 0 bridgehead atoms. The fourth-order valence-electron chi connectivity index (χ4n) is 2.92. The van der Waals surface area contributed by atoms with Gasteiger partial charge in [-0.3, -0.25) is 4.79 Å². The van der Waals surface area contributed by atoms with E-state index in [0.29, 0.717) is 30.6 Å². The van der Waals surface area contributed by atoms with E-state index in [0.717, 1.165) is 11.3 Å². The molecule has 0 fully saturated rings. The van der Waals surface area contributed by atoms with E-state index in [1.807, 2.05) is 25.1 Å². The van der Waals surface area contributed by atoms with Gasteiger partial charge in [0.05, 0.1) is 12.5 Å². The standard InChI is InChI=1S/C24H38Cl2N2O5/c1-17-8-9-19(28(12-10-25)13-11-26)15-20(17)31-16-18(14-21(29)32-23(2,3)4)27-22(30)33-24(5,6)7/h8-9,15,18H,10-14,16H2,1-7H3,(H,27,30). The Balaban J connectivity index is 2.98. The third kappa shape index (κ3) is 12.2. The zero-order chi connectivity index (χ0) is 25.2. The zero-order valence-corrected chi connectivity index (χ0v) is 22.3. The number of ether oxygens (including phenoxy) is 3. The van der Waals surface area contributed by atoms with Crippen LogP contribution in [0, 0.1) is 6.92 Å². The van der Waals surface area contributed by atoms with Crippen molar-refractivity contribution in [2.24, 2.45) is 0 Å². The lowest BCUT2D eigenvalue weighted by Crippen LogP contribution is -2.44. The quantitative estimate of drug-likeness (QED) is 0.326. The first-order chi connectivity index (χ1) is 15.2. The number of carbonyl (C=O) groups excluding carboxylic acids is 2. The molecule has 0 saturated heterocycles. The van der Waals surface area contributed by atoms with Gasteiger partial charge in [0.1, 0.15) is 23.6 Å². The number of amides is 1. The normalized spacial score (nSPS) is 12.6. The Hall–Kier alpha value is -1.86. The number of carbonyl (C=O) groups is 2. The largest absolute Gasteiger partial charge is 0.491 e. The second-order valence-corrected chi connectivity index (χ2v) is 10.5. The van der Waals surface area contributed by atoms with Crippen molar-refractivity contribution >= 4 is 41.0 Å². The summed E-state index contributed by atoms with van der Waals surface area (Å²) < 4.78 is 16.8. The first-order valence-electron chi connectivity index (χ1n) is 11.1. The zero-order valence-electron chi connectivity index (χ0n) is 20.8. The highest BCUT2D eigenvalue weighted by atomic mass is 35.5. The van der Waals surface area contributed by atoms with Crippen LogP contribution in [0.2, 0.25) is 0 Å². The van der Waals surface area contributed by atoms with Crippen molar-refractivity contribution in [2.75, 3.05) is 36.4 Å². The number of rotatable bonds is 11. The lowest BCUT2D eigenvalue weighted by atomic mass is 10.1. The smallest absolute Gasteiger partial charge is 0.408 e. The van der Waals surface area contributed by atoms with Gasteiger partial charge in [-0.1, -0.05) is 6.07 Å². The first kappa shape index (κ1) is 29.2. The second kappa shape index (κ2) is 13.1. The first-order valence-corrected chi connectivity index (χ1v) is 12.1. The maximum absolute atomic E-state index is 12.4. The van der Waals surface area contributed by atoms with Gasteiger partial charge < -0.3 is 24.4 Å². The van der Waals surface area contributed by atoms with Crippen molar-refractivity contribution in [2.45, 2.75) is 72.1 Å². The van der Waals surface area contributed by atoms with Crippen LogP contribution in [0.15, 0.2) is 18.2 Å². The van der Waals surface area contributed by atoms with E-state index < -0.39 is 29.3 Å². The summed E-state index contributed by atoms with van der Waals surface area (Å²) in [6, 6.07) is 5.20. The molecule has 0 heterocycles. The molecule has 1 atom stereocenters. The summed E-state index contributed by atoms with van der Waals surface area (Å²) in [4.78, 5) is 26.8. The van der Waals surface area contributed by atoms with Gasteiger partial charge >= 0.3 is 12.1 Å². The average Bonchev–Trinajstić information content (AvgIpc) is 2.64. The van der Waals surface area contributed by atoms with Gasteiger partial charge in [0.15, 0.2) is 0 Å². The molecule has 0 aliphatic rings. The van der Waals surface area contributed by atoms with Crippen LogP contribution >= 0.6 is 23.2 Å². The van der Waals surface area contributed by atoms with Crippen LogP contribution in [0.25, 0.3) is 0 Å². The predicted octanol–water partition coefficient (Wildman–Crippen LogP) is 5.28. The Kier molecular flexibility index (Phi) is 11.6. The highest BCUT2D eigenvalue weighted by Crippen LogP contribution is 2.26. The van der Waals surface area contributed by atoms with Crippen molar-refractivity contribution in [1.29, 1.82) is 0 Å². The molecule has 188 valence electrons. The van der Waals surface area contributed by atoms with Crippen LogP contribution in [0.5, 0.6) is 5.75 Å². The summed E-state index contributed by atoms with van der Waals surface area (Å²) in [7, 11) is 0. The molecule has 9 heteroatoms. The van der Waals surface area contributed by atoms with E-state index >= 15 is 0 Å². The Morgan fingerprint density at radius 1 is 1.00 bits per heavy atom. The lowest BCUT2D eigenvalue weighted by Gasteiger charge is -2.26. The molecule has 0 spiro atoms. The van der Waals surface area contributed by atoms with E-state index in [1.165, 1.54) is 0 Å². The number of alkyl halides is 2. The molecule has 1 unspecified atom stereocenters. The number of alkyl carbamates (subject to hydrolysis) is 1. The fourth-order valence-corrected chi connectivity index (χ4v) is 3.32. The molecule has 1 aromatic rings. The van der Waals surface area contributed by atoms with E-state index in [1.54, 1.807) is 41.5 Å². The molecule has 7 nitrogen and oxygen atoms in total. The summed E-state index contributed by atoms with van der Waals surface area (Å²) in [5.74, 6) is 1.15. The monoisotopic (exact) mass is 504 g/mol. The fraction of sp³-hybridized carbons (Fsp3) is 0.667. The Bertz CT molecular complexity index is 739. The van der Waals surface area contributed by atoms with Crippen LogP contribution in [-0.2, 0) is 14.3 Å². The predicted molar refractivity (Wildman–Crippen MR) is 134 cm³/mol. The number of anilines is 1. The Labute approximate surface area is 208 Å². The average molecular weight is 505 g/mol. The van der Waals surface area contributed by atoms with Crippen molar-refractivity contribution in [3.63, 3.8) is 0 Å². The third-order valence-electron chi connectivity index (χ3n) is 4.24. The van der Waals surface area contributed by atoms with Gasteiger partial charge in [-0.15, -0.1) is 23.2 Å². The molecular weight excluding hydrogens is 467 g/mol. The summed E-state index contributed by atoms with van der Waals surface area (Å²) in [6.45, 7) is 14.0. The molecule has 1 aromatic carbocycles. The number of esters is 1. The number of nitrogens with one attached hydrogen (secondary N) is 1. The minimum absolute atomic E-state index is 0.0557. The van der Waals surface area contributed by atoms with Gasteiger partial charge in [0.25, 0.3) is 0 Å². The van der Waals surface area contributed by atoms with Gasteiger partial charge in [0, 0.05) is 36.6 Å². The Morgan fingerprint density at radius 2 is 1.58 bits per heavy atom. The SMILES string of the molecule is Cc1ccc(N(CCCl)CCCl)cc1OCC(CC(=O)OC(C)(C)C)NC(=O)OC(C)(C)C. The summed E-state index contributed by atoms with van der Waals surface area (Å²) in [6.07, 6.45) is -0.680.